The molecule has 0 saturated heterocycles. The Labute approximate surface area is 82.0 Å². The molecule has 0 amide bonds. The number of hydrogen-bond donors (Lipinski definition) is 0. The molecule has 0 fully saturated rings. The second kappa shape index (κ2) is 3.83. The molecule has 68 valence electrons. The standard InChI is InChI=1S/C10H11NOS/c1-12-10-6-7-13-9-5-3-2-4-8(9)11-10/h2-5H,6-7H2,1H3. The number of nitrogens with zero attached hydrogens (tertiary/aromatic N) is 1. The van der Waals surface area contributed by atoms with E-state index < -0.39 is 0 Å². The number of hydrogen-bond acceptors (Lipinski definition) is 3. The minimum atomic E-state index is 0.831. The second-order valence-electron chi connectivity index (χ2n) is 2.78. The maximum Gasteiger partial charge on any atom is 0.188 e. The van der Waals surface area contributed by atoms with Crippen LogP contribution in [0.15, 0.2) is 34.2 Å². The molecule has 0 bridgehead atoms. The Morgan fingerprint density at radius 3 is 3.08 bits per heavy atom. The van der Waals surface area contributed by atoms with Crippen LogP contribution in [0, 0.1) is 0 Å². The number of aliphatic imine (C=N–C) groups is 1. The summed E-state index contributed by atoms with van der Waals surface area (Å²) in [5.74, 6) is 1.88. The summed E-state index contributed by atoms with van der Waals surface area (Å²) in [6.45, 7) is 0. The normalized spacial score (nSPS) is 15.6. The highest BCUT2D eigenvalue weighted by Crippen LogP contribution is 2.32. The first kappa shape index (κ1) is 8.63. The molecule has 0 atom stereocenters. The summed E-state index contributed by atoms with van der Waals surface area (Å²) in [5.41, 5.74) is 1.03. The van der Waals surface area contributed by atoms with E-state index in [1.807, 2.05) is 30.0 Å². The van der Waals surface area contributed by atoms with E-state index in [0.717, 1.165) is 23.8 Å². The molecule has 0 spiro atoms. The van der Waals surface area contributed by atoms with Crippen molar-refractivity contribution in [2.75, 3.05) is 12.9 Å². The number of rotatable bonds is 0. The van der Waals surface area contributed by atoms with Crippen molar-refractivity contribution in [1.82, 2.24) is 0 Å². The Bertz CT molecular complexity index is 335. The van der Waals surface area contributed by atoms with Gasteiger partial charge in [0, 0.05) is 17.1 Å². The molecule has 1 heterocycles. The maximum atomic E-state index is 5.16. The summed E-state index contributed by atoms with van der Waals surface area (Å²) in [6.07, 6.45) is 0.913. The second-order valence-corrected chi connectivity index (χ2v) is 3.91. The Balaban J connectivity index is 2.40. The summed E-state index contributed by atoms with van der Waals surface area (Å²) < 4.78 is 5.16. The van der Waals surface area contributed by atoms with E-state index in [1.165, 1.54) is 4.90 Å². The molecule has 1 aromatic carbocycles. The van der Waals surface area contributed by atoms with Crippen LogP contribution in [0.5, 0.6) is 0 Å². The number of para-hydroxylation sites is 1. The van der Waals surface area contributed by atoms with E-state index in [2.05, 4.69) is 11.1 Å². The third kappa shape index (κ3) is 1.86. The molecule has 2 nitrogen and oxygen atoms in total. The van der Waals surface area contributed by atoms with Crippen molar-refractivity contribution in [3.8, 4) is 0 Å². The molecule has 2 rings (SSSR count). The number of fused-ring (bicyclic) bond motifs is 1. The summed E-state index contributed by atoms with van der Waals surface area (Å²) in [6, 6.07) is 8.16. The van der Waals surface area contributed by atoms with Crippen molar-refractivity contribution in [3.63, 3.8) is 0 Å². The minimum Gasteiger partial charge on any atom is -0.484 e. The van der Waals surface area contributed by atoms with Gasteiger partial charge in [-0.2, -0.15) is 0 Å². The third-order valence-electron chi connectivity index (χ3n) is 1.92. The molecule has 0 saturated carbocycles. The molecule has 0 aromatic heterocycles. The van der Waals surface area contributed by atoms with E-state index in [-0.39, 0.29) is 0 Å². The lowest BCUT2D eigenvalue weighted by molar-refractivity contribution is 0.393. The summed E-state index contributed by atoms with van der Waals surface area (Å²) >= 11 is 1.83. The fourth-order valence-corrected chi connectivity index (χ4v) is 2.19. The van der Waals surface area contributed by atoms with Crippen molar-refractivity contribution in [1.29, 1.82) is 0 Å². The van der Waals surface area contributed by atoms with Gasteiger partial charge >= 0.3 is 0 Å². The van der Waals surface area contributed by atoms with Gasteiger partial charge in [-0.25, -0.2) is 4.99 Å². The monoisotopic (exact) mass is 193 g/mol. The number of methoxy groups -OCH3 is 1. The van der Waals surface area contributed by atoms with Crippen molar-refractivity contribution in [3.05, 3.63) is 24.3 Å². The Hall–Kier alpha value is -0.960. The van der Waals surface area contributed by atoms with Gasteiger partial charge in [-0.15, -0.1) is 11.8 Å². The number of thioether (sulfide) groups is 1. The first-order chi connectivity index (χ1) is 6.40. The van der Waals surface area contributed by atoms with E-state index in [1.54, 1.807) is 7.11 Å². The van der Waals surface area contributed by atoms with Gasteiger partial charge in [0.2, 0.25) is 0 Å². The van der Waals surface area contributed by atoms with Gasteiger partial charge in [-0.1, -0.05) is 12.1 Å². The van der Waals surface area contributed by atoms with Crippen molar-refractivity contribution in [2.24, 2.45) is 4.99 Å². The summed E-state index contributed by atoms with van der Waals surface area (Å²) in [5, 5.41) is 0. The van der Waals surface area contributed by atoms with Crippen LogP contribution >= 0.6 is 11.8 Å². The smallest absolute Gasteiger partial charge is 0.188 e. The van der Waals surface area contributed by atoms with E-state index in [9.17, 15) is 0 Å². The molecule has 0 aliphatic carbocycles. The molecule has 13 heavy (non-hydrogen) atoms. The highest BCUT2D eigenvalue weighted by Gasteiger charge is 2.09. The van der Waals surface area contributed by atoms with Crippen LogP contribution in [0.4, 0.5) is 5.69 Å². The minimum absolute atomic E-state index is 0.831. The summed E-state index contributed by atoms with van der Waals surface area (Å²) in [7, 11) is 1.68. The molecule has 1 aliphatic heterocycles. The average Bonchev–Trinajstić information content (AvgIpc) is 2.38. The van der Waals surface area contributed by atoms with Crippen LogP contribution in [0.25, 0.3) is 0 Å². The lowest BCUT2D eigenvalue weighted by atomic mass is 10.3. The zero-order valence-electron chi connectivity index (χ0n) is 7.49. The van der Waals surface area contributed by atoms with Crippen molar-refractivity contribution in [2.45, 2.75) is 11.3 Å². The quantitative estimate of drug-likeness (QED) is 0.632. The lowest BCUT2D eigenvalue weighted by Gasteiger charge is -1.99. The van der Waals surface area contributed by atoms with E-state index in [0.29, 0.717) is 0 Å². The van der Waals surface area contributed by atoms with Gasteiger partial charge in [0.15, 0.2) is 5.90 Å². The molecule has 1 aromatic rings. The van der Waals surface area contributed by atoms with Gasteiger partial charge in [0.1, 0.15) is 0 Å². The van der Waals surface area contributed by atoms with Gasteiger partial charge in [0.05, 0.1) is 12.8 Å². The molecular formula is C10H11NOS. The van der Waals surface area contributed by atoms with Crippen LogP contribution in [0.1, 0.15) is 6.42 Å². The zero-order chi connectivity index (χ0) is 9.10. The SMILES string of the molecule is COC1=Nc2ccccc2SCC1. The van der Waals surface area contributed by atoms with Gasteiger partial charge in [-0.05, 0) is 12.1 Å². The molecule has 3 heteroatoms. The Morgan fingerprint density at radius 2 is 2.23 bits per heavy atom. The largest absolute Gasteiger partial charge is 0.484 e. The van der Waals surface area contributed by atoms with E-state index >= 15 is 0 Å². The third-order valence-corrected chi connectivity index (χ3v) is 2.98. The number of ether oxygens (including phenoxy) is 1. The predicted octanol–water partition coefficient (Wildman–Crippen LogP) is 2.86. The topological polar surface area (TPSA) is 21.6 Å². The first-order valence-electron chi connectivity index (χ1n) is 4.23. The highest BCUT2D eigenvalue weighted by molar-refractivity contribution is 7.99. The molecule has 0 unspecified atom stereocenters. The average molecular weight is 193 g/mol. The van der Waals surface area contributed by atoms with Crippen LogP contribution in [-0.4, -0.2) is 18.8 Å². The van der Waals surface area contributed by atoms with E-state index in [4.69, 9.17) is 4.74 Å². The molecule has 0 N–H and O–H groups in total. The molecular weight excluding hydrogens is 182 g/mol. The first-order valence-corrected chi connectivity index (χ1v) is 5.22. The van der Waals surface area contributed by atoms with Crippen LogP contribution in [0.2, 0.25) is 0 Å². The Morgan fingerprint density at radius 1 is 1.38 bits per heavy atom. The van der Waals surface area contributed by atoms with Crippen LogP contribution in [0.3, 0.4) is 0 Å². The molecule has 1 aliphatic rings. The van der Waals surface area contributed by atoms with Gasteiger partial charge < -0.3 is 4.74 Å². The zero-order valence-corrected chi connectivity index (χ0v) is 8.30. The predicted molar refractivity (Wildman–Crippen MR) is 55.9 cm³/mol. The summed E-state index contributed by atoms with van der Waals surface area (Å²) in [4.78, 5) is 5.68. The van der Waals surface area contributed by atoms with Crippen molar-refractivity contribution < 1.29 is 4.74 Å². The fraction of sp³-hybridized carbons (Fsp3) is 0.300. The van der Waals surface area contributed by atoms with Gasteiger partial charge in [0.25, 0.3) is 0 Å². The van der Waals surface area contributed by atoms with Gasteiger partial charge in [-0.3, -0.25) is 0 Å². The van der Waals surface area contributed by atoms with Crippen LogP contribution in [-0.2, 0) is 4.74 Å². The molecule has 0 radical (unpaired) electrons. The van der Waals surface area contributed by atoms with Crippen LogP contribution < -0.4 is 0 Å². The maximum absolute atomic E-state index is 5.16. The lowest BCUT2D eigenvalue weighted by Crippen LogP contribution is -2.00. The fourth-order valence-electron chi connectivity index (χ4n) is 1.26. The number of benzene rings is 1. The Kier molecular flexibility index (Phi) is 2.54. The van der Waals surface area contributed by atoms with Crippen molar-refractivity contribution >= 4 is 23.3 Å². The highest BCUT2D eigenvalue weighted by atomic mass is 32.2.